The monoisotopic (exact) mass is 430 g/mol. The number of ether oxygens (including phenoxy) is 1. The Kier molecular flexibility index (Phi) is 5.22. The number of nitrogens with one attached hydrogen (secondary N) is 1. The molecule has 0 aliphatic carbocycles. The van der Waals surface area contributed by atoms with Gasteiger partial charge in [0.05, 0.1) is 18.7 Å². The van der Waals surface area contributed by atoms with Gasteiger partial charge in [-0.1, -0.05) is 30.3 Å². The molecule has 0 bridgehead atoms. The third-order valence-electron chi connectivity index (χ3n) is 6.42. The molecule has 0 radical (unpaired) electrons. The van der Waals surface area contributed by atoms with Crippen molar-refractivity contribution in [3.63, 3.8) is 0 Å². The summed E-state index contributed by atoms with van der Waals surface area (Å²) < 4.78 is 6.98. The fraction of sp³-hybridized carbons (Fsp3) is 0.333. The van der Waals surface area contributed by atoms with Crippen molar-refractivity contribution in [3.8, 4) is 0 Å². The third kappa shape index (κ3) is 3.36. The average molecular weight is 431 g/mol. The summed E-state index contributed by atoms with van der Waals surface area (Å²) in [5, 5.41) is 13.5. The highest BCUT2D eigenvalue weighted by molar-refractivity contribution is 5.83. The van der Waals surface area contributed by atoms with Gasteiger partial charge in [0.1, 0.15) is 6.04 Å². The van der Waals surface area contributed by atoms with Crippen molar-refractivity contribution in [2.24, 2.45) is 0 Å². The minimum absolute atomic E-state index is 0.123. The van der Waals surface area contributed by atoms with Crippen LogP contribution in [0.1, 0.15) is 34.1 Å². The van der Waals surface area contributed by atoms with Gasteiger partial charge in [0.2, 0.25) is 0 Å². The van der Waals surface area contributed by atoms with Gasteiger partial charge in [0, 0.05) is 24.9 Å². The number of para-hydroxylation sites is 1. The van der Waals surface area contributed by atoms with Gasteiger partial charge in [-0.2, -0.15) is 0 Å². The number of tetrazole rings is 1. The molecule has 0 saturated carbocycles. The van der Waals surface area contributed by atoms with Gasteiger partial charge in [-0.25, -0.2) is 4.68 Å². The second-order valence-corrected chi connectivity index (χ2v) is 8.25. The molecule has 8 heteroatoms. The first-order valence-corrected chi connectivity index (χ1v) is 10.8. The summed E-state index contributed by atoms with van der Waals surface area (Å²) in [7, 11) is 1.65. The molecule has 32 heavy (non-hydrogen) atoms. The Morgan fingerprint density at radius 1 is 1.19 bits per heavy atom. The number of aryl methyl sites for hydroxylation is 2. The second kappa shape index (κ2) is 8.20. The highest BCUT2D eigenvalue weighted by Crippen LogP contribution is 2.37. The smallest absolute Gasteiger partial charge is 0.254 e. The van der Waals surface area contributed by atoms with Crippen molar-refractivity contribution < 1.29 is 4.74 Å². The summed E-state index contributed by atoms with van der Waals surface area (Å²) in [6.07, 6.45) is 0.913. The number of hydrogen-bond acceptors (Lipinski definition) is 6. The second-order valence-electron chi connectivity index (χ2n) is 8.25. The zero-order valence-electron chi connectivity index (χ0n) is 18.5. The van der Waals surface area contributed by atoms with Crippen LogP contribution in [0.25, 0.3) is 10.9 Å². The number of hydrogen-bond donors (Lipinski definition) is 1. The molecule has 8 nitrogen and oxygen atoms in total. The molecule has 1 aliphatic heterocycles. The standard InChI is InChI=1S/C24H26N6O2/c1-15-8-9-18-14-19(24(31)25-21(18)16(15)2)22(23-26-27-28-30(23)12-13-32-3)29-11-10-17-6-4-5-7-20(17)29/h4-9,14,22H,10-13H2,1-3H3,(H,25,31)/t22-/m1/s1. The van der Waals surface area contributed by atoms with E-state index in [0.717, 1.165) is 40.7 Å². The normalized spacial score (nSPS) is 14.2. The lowest BCUT2D eigenvalue weighted by atomic mass is 10.00. The summed E-state index contributed by atoms with van der Waals surface area (Å²) in [6.45, 7) is 5.86. The maximum Gasteiger partial charge on any atom is 0.254 e. The van der Waals surface area contributed by atoms with Crippen LogP contribution in [0.2, 0.25) is 0 Å². The Labute approximate surface area is 185 Å². The van der Waals surface area contributed by atoms with Crippen LogP contribution in [0.4, 0.5) is 5.69 Å². The Hall–Kier alpha value is -3.52. The molecular formula is C24H26N6O2. The first-order valence-electron chi connectivity index (χ1n) is 10.8. The van der Waals surface area contributed by atoms with E-state index < -0.39 is 6.04 Å². The van der Waals surface area contributed by atoms with Gasteiger partial charge in [-0.15, -0.1) is 5.10 Å². The molecule has 0 unspecified atom stereocenters. The average Bonchev–Trinajstić information content (AvgIpc) is 3.44. The van der Waals surface area contributed by atoms with Gasteiger partial charge >= 0.3 is 0 Å². The topological polar surface area (TPSA) is 88.9 Å². The summed E-state index contributed by atoms with van der Waals surface area (Å²) in [5.41, 5.74) is 5.98. The lowest BCUT2D eigenvalue weighted by Crippen LogP contribution is -2.34. The Bertz CT molecular complexity index is 1340. The van der Waals surface area contributed by atoms with Crippen LogP contribution in [0.3, 0.4) is 0 Å². The molecule has 3 heterocycles. The molecule has 0 spiro atoms. The summed E-state index contributed by atoms with van der Waals surface area (Å²) >= 11 is 0. The lowest BCUT2D eigenvalue weighted by molar-refractivity contribution is 0.181. The van der Waals surface area contributed by atoms with Crippen molar-refractivity contribution in [1.82, 2.24) is 25.2 Å². The van der Waals surface area contributed by atoms with E-state index in [-0.39, 0.29) is 5.56 Å². The summed E-state index contributed by atoms with van der Waals surface area (Å²) in [4.78, 5) is 18.8. The first-order chi connectivity index (χ1) is 15.6. The molecule has 2 aromatic carbocycles. The van der Waals surface area contributed by atoms with Gasteiger partial charge in [-0.05, 0) is 64.9 Å². The molecule has 2 aromatic heterocycles. The molecule has 0 saturated heterocycles. The van der Waals surface area contributed by atoms with Crippen molar-refractivity contribution >= 4 is 16.6 Å². The maximum absolute atomic E-state index is 13.4. The molecule has 4 aromatic rings. The predicted molar refractivity (Wildman–Crippen MR) is 123 cm³/mol. The quantitative estimate of drug-likeness (QED) is 0.506. The third-order valence-corrected chi connectivity index (χ3v) is 6.42. The maximum atomic E-state index is 13.4. The van der Waals surface area contributed by atoms with Crippen LogP contribution in [0, 0.1) is 13.8 Å². The van der Waals surface area contributed by atoms with E-state index in [1.54, 1.807) is 11.8 Å². The van der Waals surface area contributed by atoms with Crippen LogP contribution in [0.15, 0.2) is 47.3 Å². The van der Waals surface area contributed by atoms with Crippen molar-refractivity contribution in [3.05, 3.63) is 80.9 Å². The van der Waals surface area contributed by atoms with E-state index in [1.807, 2.05) is 25.1 Å². The van der Waals surface area contributed by atoms with E-state index in [2.05, 4.69) is 56.6 Å². The SMILES string of the molecule is COCCn1nnnc1[C@@H](c1cc2ccc(C)c(C)c2[nH]c1=O)N1CCc2ccccc21. The molecule has 0 amide bonds. The minimum atomic E-state index is -0.416. The molecule has 5 rings (SSSR count). The molecule has 1 aliphatic rings. The first kappa shape index (κ1) is 20.4. The Morgan fingerprint density at radius 3 is 2.88 bits per heavy atom. The minimum Gasteiger partial charge on any atom is -0.383 e. The van der Waals surface area contributed by atoms with Crippen LogP contribution >= 0.6 is 0 Å². The van der Waals surface area contributed by atoms with E-state index in [1.165, 1.54) is 5.56 Å². The highest BCUT2D eigenvalue weighted by Gasteiger charge is 2.34. The van der Waals surface area contributed by atoms with Crippen molar-refractivity contribution in [2.45, 2.75) is 32.9 Å². The predicted octanol–water partition coefficient (Wildman–Crippen LogP) is 2.93. The van der Waals surface area contributed by atoms with Gasteiger partial charge < -0.3 is 14.6 Å². The van der Waals surface area contributed by atoms with Gasteiger partial charge in [0.25, 0.3) is 5.56 Å². The zero-order valence-corrected chi connectivity index (χ0v) is 18.5. The summed E-state index contributed by atoms with van der Waals surface area (Å²) in [6, 6.07) is 14.0. The van der Waals surface area contributed by atoms with E-state index in [9.17, 15) is 4.79 Å². The molecule has 1 atom stereocenters. The Balaban J connectivity index is 1.71. The van der Waals surface area contributed by atoms with E-state index in [0.29, 0.717) is 24.5 Å². The number of benzene rings is 2. The fourth-order valence-corrected chi connectivity index (χ4v) is 4.57. The lowest BCUT2D eigenvalue weighted by Gasteiger charge is -2.29. The number of aromatic nitrogens is 5. The number of nitrogens with zero attached hydrogens (tertiary/aromatic N) is 5. The molecule has 0 fully saturated rings. The van der Waals surface area contributed by atoms with Gasteiger partial charge in [-0.3, -0.25) is 4.79 Å². The number of pyridine rings is 1. The number of fused-ring (bicyclic) bond motifs is 2. The molecule has 1 N–H and O–H groups in total. The van der Waals surface area contributed by atoms with Crippen LogP contribution < -0.4 is 10.5 Å². The van der Waals surface area contributed by atoms with Crippen LogP contribution in [-0.2, 0) is 17.7 Å². The number of rotatable bonds is 6. The number of H-pyrrole nitrogens is 1. The largest absolute Gasteiger partial charge is 0.383 e. The van der Waals surface area contributed by atoms with E-state index >= 15 is 0 Å². The number of anilines is 1. The van der Waals surface area contributed by atoms with Crippen molar-refractivity contribution in [2.75, 3.05) is 25.2 Å². The zero-order chi connectivity index (χ0) is 22.2. The number of aromatic amines is 1. The van der Waals surface area contributed by atoms with Crippen molar-refractivity contribution in [1.29, 1.82) is 0 Å². The molecule has 164 valence electrons. The highest BCUT2D eigenvalue weighted by atomic mass is 16.5. The van der Waals surface area contributed by atoms with Gasteiger partial charge in [0.15, 0.2) is 5.82 Å². The van der Waals surface area contributed by atoms with E-state index in [4.69, 9.17) is 4.74 Å². The Morgan fingerprint density at radius 2 is 2.03 bits per heavy atom. The molecular weight excluding hydrogens is 404 g/mol. The number of methoxy groups -OCH3 is 1. The van der Waals surface area contributed by atoms with Crippen LogP contribution in [0.5, 0.6) is 0 Å². The summed E-state index contributed by atoms with van der Waals surface area (Å²) in [5.74, 6) is 0.632. The van der Waals surface area contributed by atoms with Crippen LogP contribution in [-0.4, -0.2) is 45.5 Å². The fourth-order valence-electron chi connectivity index (χ4n) is 4.57.